The molecule has 0 aliphatic carbocycles. The lowest BCUT2D eigenvalue weighted by Gasteiger charge is -2.33. The summed E-state index contributed by atoms with van der Waals surface area (Å²) in [5.74, 6) is -1.74. The molecule has 1 aromatic rings. The lowest BCUT2D eigenvalue weighted by molar-refractivity contribution is -0.156. The van der Waals surface area contributed by atoms with E-state index in [2.05, 4.69) is 0 Å². The number of benzene rings is 1. The topological polar surface area (TPSA) is 77.9 Å². The van der Waals surface area contributed by atoms with Crippen LogP contribution >= 0.6 is 0 Å². The van der Waals surface area contributed by atoms with Crippen LogP contribution in [0.2, 0.25) is 0 Å². The van der Waals surface area contributed by atoms with Crippen LogP contribution in [0.3, 0.4) is 0 Å². The quantitative estimate of drug-likeness (QED) is 0.907. The number of likely N-dealkylation sites (tertiary alicyclic amines) is 1. The summed E-state index contributed by atoms with van der Waals surface area (Å²) in [6, 6.07) is 7.72. The van der Waals surface area contributed by atoms with Crippen molar-refractivity contribution >= 4 is 23.5 Å². The number of carbonyl (C=O) groups excluding carboxylic acids is 2. The van der Waals surface area contributed by atoms with E-state index in [9.17, 15) is 19.5 Å². The van der Waals surface area contributed by atoms with Crippen LogP contribution in [0.4, 0.5) is 5.69 Å². The zero-order valence-electron chi connectivity index (χ0n) is 14.7. The van der Waals surface area contributed by atoms with Crippen molar-refractivity contribution in [3.05, 3.63) is 29.8 Å². The van der Waals surface area contributed by atoms with Crippen LogP contribution in [0.5, 0.6) is 0 Å². The SMILES string of the molecule is CCc1ccccc1N1CC(C(=O)N2CCCC2(C)C(=O)O)CC1=O. The van der Waals surface area contributed by atoms with Gasteiger partial charge < -0.3 is 14.9 Å². The summed E-state index contributed by atoms with van der Waals surface area (Å²) in [6.07, 6.45) is 2.08. The molecule has 0 radical (unpaired) electrons. The second kappa shape index (κ2) is 6.50. The minimum Gasteiger partial charge on any atom is -0.480 e. The molecule has 0 bridgehead atoms. The van der Waals surface area contributed by atoms with Gasteiger partial charge in [0.05, 0.1) is 5.92 Å². The van der Waals surface area contributed by atoms with E-state index in [-0.39, 0.29) is 18.2 Å². The van der Waals surface area contributed by atoms with Gasteiger partial charge in [-0.2, -0.15) is 0 Å². The van der Waals surface area contributed by atoms with E-state index in [0.717, 1.165) is 17.7 Å². The lowest BCUT2D eigenvalue weighted by Crippen LogP contribution is -2.52. The molecule has 2 aliphatic heterocycles. The van der Waals surface area contributed by atoms with Gasteiger partial charge in [-0.15, -0.1) is 0 Å². The summed E-state index contributed by atoms with van der Waals surface area (Å²) in [7, 11) is 0. The van der Waals surface area contributed by atoms with Crippen molar-refractivity contribution in [3.63, 3.8) is 0 Å². The average Bonchev–Trinajstić information content (AvgIpc) is 3.18. The number of para-hydroxylation sites is 1. The van der Waals surface area contributed by atoms with E-state index in [1.807, 2.05) is 31.2 Å². The van der Waals surface area contributed by atoms with Crippen LogP contribution < -0.4 is 4.90 Å². The number of nitrogens with zero attached hydrogens (tertiary/aromatic N) is 2. The molecule has 3 rings (SSSR count). The largest absolute Gasteiger partial charge is 0.480 e. The van der Waals surface area contributed by atoms with E-state index in [1.165, 1.54) is 4.90 Å². The molecule has 2 atom stereocenters. The molecule has 0 saturated carbocycles. The van der Waals surface area contributed by atoms with Gasteiger partial charge in [0.1, 0.15) is 5.54 Å². The van der Waals surface area contributed by atoms with Gasteiger partial charge in [-0.05, 0) is 37.8 Å². The van der Waals surface area contributed by atoms with Gasteiger partial charge in [-0.25, -0.2) is 4.79 Å². The summed E-state index contributed by atoms with van der Waals surface area (Å²) in [5.41, 5.74) is 0.766. The van der Waals surface area contributed by atoms with Crippen molar-refractivity contribution in [2.24, 2.45) is 5.92 Å². The molecule has 2 fully saturated rings. The van der Waals surface area contributed by atoms with Crippen LogP contribution in [0.15, 0.2) is 24.3 Å². The number of carbonyl (C=O) groups is 3. The first-order valence-electron chi connectivity index (χ1n) is 8.81. The first-order chi connectivity index (χ1) is 11.9. The molecule has 0 spiro atoms. The van der Waals surface area contributed by atoms with Crippen molar-refractivity contribution in [2.75, 3.05) is 18.0 Å². The Balaban J connectivity index is 1.81. The lowest BCUT2D eigenvalue weighted by atomic mass is 9.97. The number of rotatable bonds is 4. The van der Waals surface area contributed by atoms with Gasteiger partial charge in [-0.3, -0.25) is 9.59 Å². The van der Waals surface area contributed by atoms with Gasteiger partial charge in [0.15, 0.2) is 0 Å². The predicted octanol–water partition coefficient (Wildman–Crippen LogP) is 2.07. The monoisotopic (exact) mass is 344 g/mol. The second-order valence-corrected chi connectivity index (χ2v) is 7.06. The molecule has 1 N–H and O–H groups in total. The van der Waals surface area contributed by atoms with Gasteiger partial charge >= 0.3 is 5.97 Å². The van der Waals surface area contributed by atoms with Crippen LogP contribution in [0.1, 0.15) is 38.7 Å². The highest BCUT2D eigenvalue weighted by Gasteiger charge is 2.49. The van der Waals surface area contributed by atoms with Gasteiger partial charge in [0.25, 0.3) is 0 Å². The molecule has 2 aliphatic rings. The molecule has 2 saturated heterocycles. The van der Waals surface area contributed by atoms with E-state index < -0.39 is 17.4 Å². The summed E-state index contributed by atoms with van der Waals surface area (Å²) in [5, 5.41) is 9.51. The van der Waals surface area contributed by atoms with Crippen LogP contribution in [-0.2, 0) is 20.8 Å². The van der Waals surface area contributed by atoms with Gasteiger partial charge in [-0.1, -0.05) is 25.1 Å². The molecule has 6 heteroatoms. The van der Waals surface area contributed by atoms with Crippen molar-refractivity contribution < 1.29 is 19.5 Å². The van der Waals surface area contributed by atoms with Gasteiger partial charge in [0.2, 0.25) is 11.8 Å². The maximum atomic E-state index is 12.9. The molecule has 6 nitrogen and oxygen atoms in total. The number of hydrogen-bond donors (Lipinski definition) is 1. The molecule has 1 aromatic carbocycles. The Labute approximate surface area is 147 Å². The number of aliphatic carboxylic acids is 1. The van der Waals surface area contributed by atoms with Crippen LogP contribution in [-0.4, -0.2) is 46.4 Å². The summed E-state index contributed by atoms with van der Waals surface area (Å²) < 4.78 is 0. The van der Waals surface area contributed by atoms with E-state index in [0.29, 0.717) is 25.9 Å². The number of carboxylic acids is 1. The Morgan fingerprint density at radius 1 is 1.32 bits per heavy atom. The minimum absolute atomic E-state index is 0.0736. The average molecular weight is 344 g/mol. The third-order valence-corrected chi connectivity index (χ3v) is 5.51. The smallest absolute Gasteiger partial charge is 0.329 e. The minimum atomic E-state index is -1.16. The van der Waals surface area contributed by atoms with Crippen molar-refractivity contribution in [3.8, 4) is 0 Å². The Hall–Kier alpha value is -2.37. The molecule has 25 heavy (non-hydrogen) atoms. The zero-order chi connectivity index (χ0) is 18.2. The zero-order valence-corrected chi connectivity index (χ0v) is 14.7. The highest BCUT2D eigenvalue weighted by Crippen LogP contribution is 2.34. The van der Waals surface area contributed by atoms with Crippen molar-refractivity contribution in [2.45, 2.75) is 45.1 Å². The fourth-order valence-electron chi connectivity index (χ4n) is 3.94. The number of amides is 2. The number of hydrogen-bond acceptors (Lipinski definition) is 3. The summed E-state index contributed by atoms with van der Waals surface area (Å²) >= 11 is 0. The highest BCUT2D eigenvalue weighted by molar-refractivity contribution is 6.01. The maximum Gasteiger partial charge on any atom is 0.329 e. The molecule has 134 valence electrons. The molecule has 0 aromatic heterocycles. The molecule has 2 heterocycles. The normalized spacial score (nSPS) is 26.3. The number of aryl methyl sites for hydroxylation is 1. The number of carboxylic acid groups (broad SMARTS) is 1. The first kappa shape index (κ1) is 17.5. The Kier molecular flexibility index (Phi) is 4.54. The predicted molar refractivity (Wildman–Crippen MR) is 93.3 cm³/mol. The summed E-state index contributed by atoms with van der Waals surface area (Å²) in [6.45, 7) is 4.39. The Morgan fingerprint density at radius 2 is 2.04 bits per heavy atom. The van der Waals surface area contributed by atoms with E-state index in [1.54, 1.807) is 11.8 Å². The van der Waals surface area contributed by atoms with Gasteiger partial charge in [0, 0.05) is 25.2 Å². The molecular formula is C19H24N2O4. The standard InChI is InChI=1S/C19H24N2O4/c1-3-13-7-4-5-8-15(13)20-12-14(11-16(20)22)17(23)21-10-6-9-19(21,2)18(24)25/h4-5,7-8,14H,3,6,9-12H2,1-2H3,(H,24,25). The van der Waals surface area contributed by atoms with Crippen LogP contribution in [0.25, 0.3) is 0 Å². The Morgan fingerprint density at radius 3 is 2.72 bits per heavy atom. The number of anilines is 1. The van der Waals surface area contributed by atoms with E-state index in [4.69, 9.17) is 0 Å². The Bertz CT molecular complexity index is 717. The fraction of sp³-hybridized carbons (Fsp3) is 0.526. The van der Waals surface area contributed by atoms with E-state index >= 15 is 0 Å². The first-order valence-corrected chi connectivity index (χ1v) is 8.81. The second-order valence-electron chi connectivity index (χ2n) is 7.06. The molecule has 2 unspecified atom stereocenters. The van der Waals surface area contributed by atoms with Crippen molar-refractivity contribution in [1.29, 1.82) is 0 Å². The fourth-order valence-corrected chi connectivity index (χ4v) is 3.94. The molecular weight excluding hydrogens is 320 g/mol. The summed E-state index contributed by atoms with van der Waals surface area (Å²) in [4.78, 5) is 40.2. The maximum absolute atomic E-state index is 12.9. The third-order valence-electron chi connectivity index (χ3n) is 5.51. The highest BCUT2D eigenvalue weighted by atomic mass is 16.4. The van der Waals surface area contributed by atoms with Crippen LogP contribution in [0, 0.1) is 5.92 Å². The molecule has 2 amide bonds. The van der Waals surface area contributed by atoms with Crippen molar-refractivity contribution in [1.82, 2.24) is 4.90 Å². The third kappa shape index (κ3) is 2.90.